The molecule has 1 spiro atoms. The van der Waals surface area contributed by atoms with E-state index in [-0.39, 0.29) is 44.2 Å². The van der Waals surface area contributed by atoms with Crippen LogP contribution in [0.2, 0.25) is 0 Å². The molecular weight excluding hydrogens is 526 g/mol. The number of aliphatic hydroxyl groups excluding tert-OH is 1. The summed E-state index contributed by atoms with van der Waals surface area (Å²) in [5.74, 6) is -3.17. The Labute approximate surface area is 239 Å². The highest BCUT2D eigenvalue weighted by atomic mass is 16.6. The van der Waals surface area contributed by atoms with Crippen LogP contribution >= 0.6 is 0 Å². The predicted molar refractivity (Wildman–Crippen MR) is 150 cm³/mol. The number of carbonyl (C=O) groups excluding carboxylic acids is 3. The monoisotopic (exact) mass is 565 g/mol. The van der Waals surface area contributed by atoms with Crippen molar-refractivity contribution in [1.82, 2.24) is 24.8 Å². The minimum absolute atomic E-state index is 0.0698. The molecule has 1 N–H and O–H groups in total. The van der Waals surface area contributed by atoms with Crippen LogP contribution in [0, 0.1) is 17.8 Å². The van der Waals surface area contributed by atoms with E-state index in [1.165, 1.54) is 4.90 Å². The van der Waals surface area contributed by atoms with Crippen molar-refractivity contribution < 1.29 is 29.0 Å². The molecule has 0 aliphatic carbocycles. The number of hydrogen-bond acceptors (Lipinski definition) is 8. The average molecular weight is 566 g/mol. The number of esters is 1. The molecule has 6 atom stereocenters. The van der Waals surface area contributed by atoms with Gasteiger partial charge in [-0.05, 0) is 44.2 Å². The van der Waals surface area contributed by atoms with E-state index >= 15 is 0 Å². The van der Waals surface area contributed by atoms with E-state index in [1.54, 1.807) is 21.7 Å². The molecule has 3 saturated heterocycles. The molecule has 1 aromatic heterocycles. The second kappa shape index (κ2) is 11.0. The summed E-state index contributed by atoms with van der Waals surface area (Å²) < 4.78 is 13.9. The minimum Gasteiger partial charge on any atom is -0.465 e. The number of aliphatic hydroxyl groups is 1. The molecule has 3 fully saturated rings. The number of likely N-dealkylation sites (tertiary alicyclic amines) is 1. The van der Waals surface area contributed by atoms with Gasteiger partial charge in [0.15, 0.2) is 0 Å². The van der Waals surface area contributed by atoms with Crippen LogP contribution in [-0.2, 0) is 30.5 Å². The number of aromatic nitrogens is 3. The molecule has 3 aliphatic heterocycles. The summed E-state index contributed by atoms with van der Waals surface area (Å²) in [7, 11) is 0. The van der Waals surface area contributed by atoms with Gasteiger partial charge in [-0.2, -0.15) is 0 Å². The summed E-state index contributed by atoms with van der Waals surface area (Å²) in [5.41, 5.74) is -0.739. The summed E-state index contributed by atoms with van der Waals surface area (Å²) in [6.07, 6.45) is 4.68. The van der Waals surface area contributed by atoms with Crippen molar-refractivity contribution in [3.63, 3.8) is 0 Å². The topological polar surface area (TPSA) is 127 Å². The third-order valence-electron chi connectivity index (χ3n) is 8.97. The van der Waals surface area contributed by atoms with Crippen molar-refractivity contribution in [2.75, 3.05) is 19.8 Å². The summed E-state index contributed by atoms with van der Waals surface area (Å²) in [6, 6.07) is 5.75. The normalized spacial score (nSPS) is 29.1. The third-order valence-corrected chi connectivity index (χ3v) is 8.97. The Hall–Kier alpha value is -3.57. The van der Waals surface area contributed by atoms with Gasteiger partial charge in [0.2, 0.25) is 11.8 Å². The SMILES string of the molecule is C=CCCOC(=O)[C@H]1[C@H]2C(=O)N([C@@H](CO)C(C)C)C(C(=O)N(CC=C)Cn3nnc4ccccc43)C23CC[C@]1(C)O3. The Morgan fingerprint density at radius 1 is 1.27 bits per heavy atom. The molecule has 2 bridgehead atoms. The molecule has 5 rings (SSSR count). The number of fused-ring (bicyclic) bond motifs is 2. The molecule has 0 radical (unpaired) electrons. The van der Waals surface area contributed by atoms with Crippen LogP contribution in [0.15, 0.2) is 49.6 Å². The molecule has 2 amide bonds. The van der Waals surface area contributed by atoms with Crippen LogP contribution in [0.5, 0.6) is 0 Å². The molecule has 41 heavy (non-hydrogen) atoms. The molecular formula is C30H39N5O6. The highest BCUT2D eigenvalue weighted by Crippen LogP contribution is 2.64. The zero-order valence-corrected chi connectivity index (χ0v) is 23.9. The summed E-state index contributed by atoms with van der Waals surface area (Å²) in [6.45, 7) is 13.2. The maximum atomic E-state index is 14.6. The highest BCUT2D eigenvalue weighted by molar-refractivity contribution is 5.98. The fraction of sp³-hybridized carbons (Fsp3) is 0.567. The number of amides is 2. The quantitative estimate of drug-likeness (QED) is 0.236. The van der Waals surface area contributed by atoms with E-state index in [0.717, 1.165) is 5.52 Å². The number of nitrogens with zero attached hydrogens (tertiary/aromatic N) is 5. The van der Waals surface area contributed by atoms with E-state index in [0.29, 0.717) is 24.8 Å². The van der Waals surface area contributed by atoms with Crippen molar-refractivity contribution in [1.29, 1.82) is 0 Å². The maximum absolute atomic E-state index is 14.6. The smallest absolute Gasteiger partial charge is 0.312 e. The first-order valence-corrected chi connectivity index (χ1v) is 14.2. The van der Waals surface area contributed by atoms with Gasteiger partial charge in [0, 0.05) is 6.54 Å². The van der Waals surface area contributed by atoms with Crippen molar-refractivity contribution >= 4 is 28.8 Å². The molecule has 4 heterocycles. The molecule has 220 valence electrons. The molecule has 2 aromatic rings. The number of hydrogen-bond donors (Lipinski definition) is 1. The molecule has 1 aromatic carbocycles. The maximum Gasteiger partial charge on any atom is 0.312 e. The van der Waals surface area contributed by atoms with Gasteiger partial charge in [-0.3, -0.25) is 14.4 Å². The summed E-state index contributed by atoms with van der Waals surface area (Å²) in [5, 5.41) is 18.9. The van der Waals surface area contributed by atoms with Gasteiger partial charge < -0.3 is 24.4 Å². The van der Waals surface area contributed by atoms with Crippen LogP contribution in [0.1, 0.15) is 40.0 Å². The second-order valence-electron chi connectivity index (χ2n) is 11.8. The first kappa shape index (κ1) is 28.9. The van der Waals surface area contributed by atoms with E-state index < -0.39 is 41.1 Å². The summed E-state index contributed by atoms with van der Waals surface area (Å²) >= 11 is 0. The fourth-order valence-electron chi connectivity index (χ4n) is 7.04. The molecule has 2 unspecified atom stereocenters. The fourth-order valence-corrected chi connectivity index (χ4v) is 7.04. The zero-order valence-electron chi connectivity index (χ0n) is 23.9. The van der Waals surface area contributed by atoms with Crippen molar-refractivity contribution in [3.05, 3.63) is 49.6 Å². The van der Waals surface area contributed by atoms with E-state index in [9.17, 15) is 19.5 Å². The van der Waals surface area contributed by atoms with Crippen molar-refractivity contribution in [3.8, 4) is 0 Å². The minimum atomic E-state index is -1.24. The van der Waals surface area contributed by atoms with Crippen molar-refractivity contribution in [2.45, 2.75) is 70.0 Å². The number of para-hydroxylation sites is 1. The van der Waals surface area contributed by atoms with Crippen LogP contribution in [0.25, 0.3) is 11.0 Å². The molecule has 11 nitrogen and oxygen atoms in total. The first-order valence-electron chi connectivity index (χ1n) is 14.2. The largest absolute Gasteiger partial charge is 0.465 e. The van der Waals surface area contributed by atoms with Gasteiger partial charge in [0.25, 0.3) is 0 Å². The van der Waals surface area contributed by atoms with E-state index in [1.807, 2.05) is 45.0 Å². The van der Waals surface area contributed by atoms with Gasteiger partial charge in [-0.15, -0.1) is 18.3 Å². The lowest BCUT2D eigenvalue weighted by molar-refractivity contribution is -0.162. The standard InChI is InChI=1S/C30H39N5O6/c1-6-8-16-40-28(39)24-23-26(37)35(22(17-36)19(3)4)25(30(23)14-13-29(24,5)41-30)27(38)33(15-7-2)18-34-21-12-10-9-11-20(21)31-32-34/h6-7,9-12,19,22-25,36H,1-2,8,13-18H2,3-5H3/t22-,23-,24+,25?,29-,30?/m0/s1. The number of carbonyl (C=O) groups is 3. The Bertz CT molecular complexity index is 1360. The van der Waals surface area contributed by atoms with Gasteiger partial charge >= 0.3 is 5.97 Å². The summed E-state index contributed by atoms with van der Waals surface area (Å²) in [4.78, 5) is 45.5. The number of ether oxygens (including phenoxy) is 2. The lowest BCUT2D eigenvalue weighted by atomic mass is 9.66. The molecule has 3 aliphatic rings. The second-order valence-corrected chi connectivity index (χ2v) is 11.8. The van der Waals surface area contributed by atoms with Crippen LogP contribution in [-0.4, -0.2) is 90.7 Å². The number of benzene rings is 1. The lowest BCUT2D eigenvalue weighted by Crippen LogP contribution is -2.59. The Balaban J connectivity index is 1.56. The zero-order chi connectivity index (χ0) is 29.5. The van der Waals surface area contributed by atoms with Crippen LogP contribution in [0.3, 0.4) is 0 Å². The Kier molecular flexibility index (Phi) is 7.78. The van der Waals surface area contributed by atoms with E-state index in [2.05, 4.69) is 23.5 Å². The average Bonchev–Trinajstić information content (AvgIpc) is 3.64. The van der Waals surface area contributed by atoms with Gasteiger partial charge in [-0.25, -0.2) is 4.68 Å². The third kappa shape index (κ3) is 4.55. The van der Waals surface area contributed by atoms with Gasteiger partial charge in [0.1, 0.15) is 29.7 Å². The van der Waals surface area contributed by atoms with Crippen LogP contribution in [0.4, 0.5) is 0 Å². The van der Waals surface area contributed by atoms with Gasteiger partial charge in [-0.1, -0.05) is 43.3 Å². The van der Waals surface area contributed by atoms with Gasteiger partial charge in [0.05, 0.1) is 36.3 Å². The Morgan fingerprint density at radius 3 is 2.71 bits per heavy atom. The molecule has 0 saturated carbocycles. The Morgan fingerprint density at radius 2 is 2.02 bits per heavy atom. The van der Waals surface area contributed by atoms with Crippen molar-refractivity contribution in [2.24, 2.45) is 17.8 Å². The highest BCUT2D eigenvalue weighted by Gasteiger charge is 2.79. The number of rotatable bonds is 12. The molecule has 11 heteroatoms. The van der Waals surface area contributed by atoms with E-state index in [4.69, 9.17) is 9.47 Å². The van der Waals surface area contributed by atoms with Crippen LogP contribution < -0.4 is 0 Å². The first-order chi connectivity index (χ1) is 19.6. The predicted octanol–water partition coefficient (Wildman–Crippen LogP) is 2.30. The lowest BCUT2D eigenvalue weighted by Gasteiger charge is -2.40.